The van der Waals surface area contributed by atoms with Crippen LogP contribution in [0.4, 0.5) is 19.1 Å². The van der Waals surface area contributed by atoms with Gasteiger partial charge in [-0.2, -0.15) is 13.2 Å². The van der Waals surface area contributed by atoms with Crippen molar-refractivity contribution in [1.82, 2.24) is 9.55 Å². The quantitative estimate of drug-likeness (QED) is 0.412. The van der Waals surface area contributed by atoms with Crippen LogP contribution in [0.3, 0.4) is 0 Å². The number of hydrogen-bond donors (Lipinski definition) is 0. The maximum Gasteiger partial charge on any atom is 0.433 e. The number of fused-ring (bicyclic) bond motifs is 1. The van der Waals surface area contributed by atoms with Gasteiger partial charge in [0.25, 0.3) is 11.5 Å². The van der Waals surface area contributed by atoms with E-state index in [9.17, 15) is 22.8 Å². The number of benzene rings is 1. The Morgan fingerprint density at radius 2 is 1.47 bits per heavy atom. The summed E-state index contributed by atoms with van der Waals surface area (Å²) in [7, 11) is 1.55. The molecule has 0 saturated heterocycles. The predicted molar refractivity (Wildman–Crippen MR) is 138 cm³/mol. The van der Waals surface area contributed by atoms with Crippen LogP contribution in [0.25, 0.3) is 0 Å². The smallest absolute Gasteiger partial charge is 0.433 e. The minimum atomic E-state index is -4.79. The molecule has 2 aromatic rings. The van der Waals surface area contributed by atoms with Crippen LogP contribution in [0, 0.1) is 11.8 Å². The molecule has 1 aromatic heterocycles. The van der Waals surface area contributed by atoms with Crippen molar-refractivity contribution in [2.75, 3.05) is 12.0 Å². The van der Waals surface area contributed by atoms with Crippen molar-refractivity contribution in [1.29, 1.82) is 0 Å². The minimum Gasteiger partial charge on any atom is -0.497 e. The third-order valence-corrected chi connectivity index (χ3v) is 8.71. The van der Waals surface area contributed by atoms with Crippen molar-refractivity contribution in [3.63, 3.8) is 0 Å². The summed E-state index contributed by atoms with van der Waals surface area (Å²) in [4.78, 5) is 33.3. The molecule has 5 rings (SSSR count). The van der Waals surface area contributed by atoms with Gasteiger partial charge in [0, 0.05) is 6.07 Å². The Hall–Kier alpha value is -2.84. The summed E-state index contributed by atoms with van der Waals surface area (Å²) < 4.78 is 47.9. The average Bonchev–Trinajstić information content (AvgIpc) is 3.12. The van der Waals surface area contributed by atoms with Gasteiger partial charge in [0.05, 0.1) is 13.7 Å². The Kier molecular flexibility index (Phi) is 7.56. The highest BCUT2D eigenvalue weighted by Gasteiger charge is 2.54. The molecule has 0 spiro atoms. The number of aromatic nitrogens is 2. The van der Waals surface area contributed by atoms with E-state index in [4.69, 9.17) is 4.74 Å². The van der Waals surface area contributed by atoms with Gasteiger partial charge in [-0.1, -0.05) is 76.3 Å². The van der Waals surface area contributed by atoms with Gasteiger partial charge in [0.1, 0.15) is 11.3 Å². The number of halogens is 3. The van der Waals surface area contributed by atoms with Crippen molar-refractivity contribution in [2.24, 2.45) is 11.8 Å². The molecule has 2 aliphatic carbocycles. The Balaban J connectivity index is 1.63. The molecule has 1 amide bonds. The fourth-order valence-corrected chi connectivity index (χ4v) is 6.87. The number of amides is 1. The molecule has 2 fully saturated rings. The molecule has 0 atom stereocenters. The minimum absolute atomic E-state index is 0.0354. The lowest BCUT2D eigenvalue weighted by atomic mass is 9.72. The molecule has 0 radical (unpaired) electrons. The van der Waals surface area contributed by atoms with Gasteiger partial charge in [0.2, 0.25) is 5.95 Å². The van der Waals surface area contributed by atoms with E-state index in [1.807, 2.05) is 0 Å². The highest BCUT2D eigenvalue weighted by Crippen LogP contribution is 2.47. The fourth-order valence-electron chi connectivity index (χ4n) is 6.87. The first-order chi connectivity index (χ1) is 18.2. The van der Waals surface area contributed by atoms with E-state index in [1.165, 1.54) is 9.47 Å². The van der Waals surface area contributed by atoms with Crippen LogP contribution in [0.2, 0.25) is 0 Å². The zero-order valence-electron chi connectivity index (χ0n) is 21.9. The van der Waals surface area contributed by atoms with E-state index >= 15 is 0 Å². The number of nitrogens with zero attached hydrogens (tertiary/aromatic N) is 3. The third kappa shape index (κ3) is 5.21. The summed E-state index contributed by atoms with van der Waals surface area (Å²) >= 11 is 0. The average molecular weight is 532 g/mol. The van der Waals surface area contributed by atoms with E-state index in [2.05, 4.69) is 4.98 Å². The second kappa shape index (κ2) is 10.7. The molecule has 2 heterocycles. The largest absolute Gasteiger partial charge is 0.497 e. The van der Waals surface area contributed by atoms with Crippen LogP contribution in [-0.2, 0) is 23.1 Å². The summed E-state index contributed by atoms with van der Waals surface area (Å²) in [6.07, 6.45) is 6.61. The normalized spacial score (nSPS) is 20.5. The molecule has 38 heavy (non-hydrogen) atoms. The molecule has 0 bridgehead atoms. The van der Waals surface area contributed by atoms with Gasteiger partial charge in [0.15, 0.2) is 5.69 Å². The van der Waals surface area contributed by atoms with E-state index in [0.717, 1.165) is 69.8 Å². The van der Waals surface area contributed by atoms with Crippen LogP contribution in [0.5, 0.6) is 5.75 Å². The third-order valence-electron chi connectivity index (χ3n) is 8.71. The molecule has 9 heteroatoms. The first-order valence-electron chi connectivity index (χ1n) is 13.9. The summed E-state index contributed by atoms with van der Waals surface area (Å²) in [6, 6.07) is 7.64. The standard InChI is InChI=1S/C29H36F3N3O3/c1-38-23-14-12-22(13-15-23)19-34-26(37)28(17-20-8-4-2-5-9-20,18-21-10-6-3-7-11-21)35-25(36)16-24(29(30,31)32)33-27(34)35/h12-16,20-21H,2-11,17-19H2,1H3. The molecule has 3 aliphatic rings. The van der Waals surface area contributed by atoms with Gasteiger partial charge >= 0.3 is 6.18 Å². The van der Waals surface area contributed by atoms with E-state index in [1.54, 1.807) is 31.4 Å². The van der Waals surface area contributed by atoms with Crippen LogP contribution in [0.1, 0.15) is 88.3 Å². The van der Waals surface area contributed by atoms with E-state index in [-0.39, 0.29) is 30.2 Å². The molecule has 206 valence electrons. The van der Waals surface area contributed by atoms with E-state index < -0.39 is 23.0 Å². The number of carbonyl (C=O) groups excluding carboxylic acids is 1. The maximum absolute atomic E-state index is 14.5. The molecular weight excluding hydrogens is 495 g/mol. The Labute approximate surface area is 221 Å². The Morgan fingerprint density at radius 3 is 1.97 bits per heavy atom. The topological polar surface area (TPSA) is 64.4 Å². The number of carbonyl (C=O) groups is 1. The number of hydrogen-bond acceptors (Lipinski definition) is 4. The lowest BCUT2D eigenvalue weighted by Gasteiger charge is -2.37. The number of methoxy groups -OCH3 is 1. The molecule has 6 nitrogen and oxygen atoms in total. The zero-order chi connectivity index (χ0) is 26.9. The lowest BCUT2D eigenvalue weighted by molar-refractivity contribution is -0.141. The summed E-state index contributed by atoms with van der Waals surface area (Å²) in [5, 5.41) is 0. The number of anilines is 1. The second-order valence-electron chi connectivity index (χ2n) is 11.3. The van der Waals surface area contributed by atoms with Crippen LogP contribution < -0.4 is 15.2 Å². The fraction of sp³-hybridized carbons (Fsp3) is 0.621. The van der Waals surface area contributed by atoms with Crippen molar-refractivity contribution in [2.45, 2.75) is 95.3 Å². The molecule has 0 unspecified atom stereocenters. The van der Waals surface area contributed by atoms with Crippen molar-refractivity contribution in [3.8, 4) is 5.75 Å². The van der Waals surface area contributed by atoms with Gasteiger partial charge in [-0.25, -0.2) is 4.98 Å². The number of ether oxygens (including phenoxy) is 1. The SMILES string of the molecule is COc1ccc(CN2C(=O)C(CC3CCCCC3)(CC3CCCCC3)n3c2nc(C(F)(F)F)cc3=O)cc1. The Bertz CT molecular complexity index is 1180. The van der Waals surface area contributed by atoms with Gasteiger partial charge in [-0.05, 0) is 42.4 Å². The van der Waals surface area contributed by atoms with Crippen LogP contribution in [-0.4, -0.2) is 22.6 Å². The first-order valence-corrected chi connectivity index (χ1v) is 13.9. The summed E-state index contributed by atoms with van der Waals surface area (Å²) in [6.45, 7) is 0.0354. The molecule has 1 aromatic carbocycles. The molecule has 0 N–H and O–H groups in total. The lowest BCUT2D eigenvalue weighted by Crippen LogP contribution is -2.48. The zero-order valence-corrected chi connectivity index (χ0v) is 21.9. The van der Waals surface area contributed by atoms with Crippen molar-refractivity contribution < 1.29 is 22.7 Å². The van der Waals surface area contributed by atoms with Gasteiger partial charge < -0.3 is 4.74 Å². The van der Waals surface area contributed by atoms with Crippen LogP contribution in [0.15, 0.2) is 35.1 Å². The number of alkyl halides is 3. The predicted octanol–water partition coefficient (Wildman–Crippen LogP) is 6.45. The van der Waals surface area contributed by atoms with Crippen LogP contribution >= 0.6 is 0 Å². The molecular formula is C29H36F3N3O3. The maximum atomic E-state index is 14.5. The summed E-state index contributed by atoms with van der Waals surface area (Å²) in [5.74, 6) is 0.656. The van der Waals surface area contributed by atoms with E-state index in [0.29, 0.717) is 24.7 Å². The number of rotatable bonds is 7. The highest BCUT2D eigenvalue weighted by atomic mass is 19.4. The molecule has 2 saturated carbocycles. The van der Waals surface area contributed by atoms with Crippen molar-refractivity contribution >= 4 is 11.9 Å². The van der Waals surface area contributed by atoms with Gasteiger partial charge in [-0.3, -0.25) is 19.1 Å². The second-order valence-corrected chi connectivity index (χ2v) is 11.3. The van der Waals surface area contributed by atoms with Gasteiger partial charge in [-0.15, -0.1) is 0 Å². The first kappa shape index (κ1) is 26.8. The summed E-state index contributed by atoms with van der Waals surface area (Å²) in [5.41, 5.74) is -2.53. The molecule has 1 aliphatic heterocycles. The monoisotopic (exact) mass is 531 g/mol. The van der Waals surface area contributed by atoms with Crippen molar-refractivity contribution in [3.05, 3.63) is 51.9 Å². The highest BCUT2D eigenvalue weighted by molar-refractivity contribution is 6.01. The Morgan fingerprint density at radius 1 is 0.921 bits per heavy atom.